The Labute approximate surface area is 91.7 Å². The Hall–Kier alpha value is -2.11. The zero-order valence-electron chi connectivity index (χ0n) is 8.95. The lowest BCUT2D eigenvalue weighted by Gasteiger charge is -2.06. The lowest BCUT2D eigenvalue weighted by molar-refractivity contribution is 0.923. The maximum Gasteiger partial charge on any atom is 0.249 e. The number of H-pyrrole nitrogens is 1. The quantitative estimate of drug-likeness (QED) is 0.678. The first kappa shape index (κ1) is 10.4. The molecule has 0 aliphatic carbocycles. The minimum Gasteiger partial charge on any atom is -0.383 e. The Balaban J connectivity index is 2.84. The van der Waals surface area contributed by atoms with Crippen molar-refractivity contribution < 1.29 is 0 Å². The van der Waals surface area contributed by atoms with Crippen LogP contribution in [-0.2, 0) is 6.42 Å². The molecule has 2 heterocycles. The third kappa shape index (κ3) is 1.69. The lowest BCUT2D eigenvalue weighted by atomic mass is 10.1. The molecule has 6 heteroatoms. The smallest absolute Gasteiger partial charge is 0.249 e. The summed E-state index contributed by atoms with van der Waals surface area (Å²) in [7, 11) is 0. The van der Waals surface area contributed by atoms with Gasteiger partial charge in [-0.15, -0.1) is 0 Å². The van der Waals surface area contributed by atoms with Gasteiger partial charge in [-0.25, -0.2) is 0 Å². The number of aryl methyl sites for hydroxylation is 1. The second-order valence-electron chi connectivity index (χ2n) is 3.60. The number of aromatic amines is 1. The number of anilines is 2. The van der Waals surface area contributed by atoms with E-state index in [1.807, 2.05) is 6.92 Å². The summed E-state index contributed by atoms with van der Waals surface area (Å²) in [5.41, 5.74) is 12.3. The normalized spacial score (nSPS) is 10.8. The third-order valence-corrected chi connectivity index (χ3v) is 2.34. The second-order valence-corrected chi connectivity index (χ2v) is 3.60. The van der Waals surface area contributed by atoms with Crippen LogP contribution in [0.4, 0.5) is 11.8 Å². The van der Waals surface area contributed by atoms with Crippen molar-refractivity contribution in [1.29, 1.82) is 0 Å². The van der Waals surface area contributed by atoms with Crippen molar-refractivity contribution in [2.75, 3.05) is 11.5 Å². The first-order valence-corrected chi connectivity index (χ1v) is 5.06. The van der Waals surface area contributed by atoms with Crippen molar-refractivity contribution in [3.63, 3.8) is 0 Å². The molecule has 16 heavy (non-hydrogen) atoms. The Morgan fingerprint density at radius 3 is 2.81 bits per heavy atom. The topological polar surface area (TPSA) is 111 Å². The van der Waals surface area contributed by atoms with E-state index in [1.165, 1.54) is 6.07 Å². The summed E-state index contributed by atoms with van der Waals surface area (Å²) in [6, 6.07) is 1.53. The van der Waals surface area contributed by atoms with Crippen molar-refractivity contribution in [2.24, 2.45) is 0 Å². The number of fused-ring (bicyclic) bond motifs is 1. The van der Waals surface area contributed by atoms with Gasteiger partial charge in [0.15, 0.2) is 0 Å². The maximum absolute atomic E-state index is 11.4. The SMILES string of the molecule is CCCc1cc(=O)[nH]c2nc(N)nc(N)c12. The summed E-state index contributed by atoms with van der Waals surface area (Å²) in [6.45, 7) is 2.03. The second kappa shape index (κ2) is 3.80. The molecule has 0 unspecified atom stereocenters. The van der Waals surface area contributed by atoms with E-state index >= 15 is 0 Å². The van der Waals surface area contributed by atoms with Crippen LogP contribution in [0, 0.1) is 0 Å². The van der Waals surface area contributed by atoms with Crippen molar-refractivity contribution in [2.45, 2.75) is 19.8 Å². The largest absolute Gasteiger partial charge is 0.383 e. The van der Waals surface area contributed by atoms with Crippen LogP contribution in [0.1, 0.15) is 18.9 Å². The Morgan fingerprint density at radius 1 is 1.38 bits per heavy atom. The number of nitrogens with two attached hydrogens (primary N) is 2. The standard InChI is InChI=1S/C10H13N5O/c1-2-3-5-4-6(16)13-9-7(5)8(11)14-10(12)15-9/h4H,2-3H2,1H3,(H5,11,12,13,14,15,16). The van der Waals surface area contributed by atoms with Gasteiger partial charge in [0.25, 0.3) is 0 Å². The molecule has 0 aromatic carbocycles. The molecule has 0 atom stereocenters. The lowest BCUT2D eigenvalue weighted by Crippen LogP contribution is -2.11. The molecule has 0 saturated carbocycles. The predicted octanol–water partition coefficient (Wildman–Crippen LogP) is 0.435. The van der Waals surface area contributed by atoms with E-state index in [-0.39, 0.29) is 11.5 Å². The summed E-state index contributed by atoms with van der Waals surface area (Å²) in [4.78, 5) is 21.9. The summed E-state index contributed by atoms with van der Waals surface area (Å²) >= 11 is 0. The molecule has 0 radical (unpaired) electrons. The first-order chi connectivity index (χ1) is 7.61. The van der Waals surface area contributed by atoms with Crippen LogP contribution in [0.2, 0.25) is 0 Å². The number of pyridine rings is 1. The van der Waals surface area contributed by atoms with E-state index < -0.39 is 0 Å². The molecule has 2 rings (SSSR count). The molecule has 6 nitrogen and oxygen atoms in total. The Kier molecular flexibility index (Phi) is 2.47. The highest BCUT2D eigenvalue weighted by atomic mass is 16.1. The number of nitrogens with one attached hydrogen (secondary N) is 1. The van der Waals surface area contributed by atoms with Gasteiger partial charge in [-0.2, -0.15) is 9.97 Å². The minimum atomic E-state index is -0.201. The molecule has 0 spiro atoms. The van der Waals surface area contributed by atoms with Crippen LogP contribution in [0.15, 0.2) is 10.9 Å². The van der Waals surface area contributed by atoms with E-state index in [0.29, 0.717) is 16.9 Å². The van der Waals surface area contributed by atoms with Crippen LogP contribution in [-0.4, -0.2) is 15.0 Å². The molecule has 2 aromatic rings. The fourth-order valence-electron chi connectivity index (χ4n) is 1.75. The number of aromatic nitrogens is 3. The molecule has 84 valence electrons. The average molecular weight is 219 g/mol. The fraction of sp³-hybridized carbons (Fsp3) is 0.300. The molecule has 0 saturated heterocycles. The van der Waals surface area contributed by atoms with Crippen LogP contribution >= 0.6 is 0 Å². The van der Waals surface area contributed by atoms with Crippen molar-refractivity contribution in [3.05, 3.63) is 22.0 Å². The number of hydrogen-bond donors (Lipinski definition) is 3. The van der Waals surface area contributed by atoms with Gasteiger partial charge in [0.05, 0.1) is 5.39 Å². The van der Waals surface area contributed by atoms with E-state index in [0.717, 1.165) is 18.4 Å². The number of rotatable bonds is 2. The molecular weight excluding hydrogens is 206 g/mol. The van der Waals surface area contributed by atoms with Gasteiger partial charge in [-0.05, 0) is 12.0 Å². The molecule has 0 aliphatic rings. The average Bonchev–Trinajstić information content (AvgIpc) is 2.15. The zero-order valence-corrected chi connectivity index (χ0v) is 8.95. The molecule has 5 N–H and O–H groups in total. The monoisotopic (exact) mass is 219 g/mol. The van der Waals surface area contributed by atoms with Gasteiger partial charge < -0.3 is 16.5 Å². The highest BCUT2D eigenvalue weighted by molar-refractivity contribution is 5.89. The van der Waals surface area contributed by atoms with Crippen LogP contribution in [0.25, 0.3) is 11.0 Å². The van der Waals surface area contributed by atoms with Crippen molar-refractivity contribution >= 4 is 22.8 Å². The van der Waals surface area contributed by atoms with E-state index in [4.69, 9.17) is 11.5 Å². The number of nitrogen functional groups attached to an aromatic ring is 2. The predicted molar refractivity (Wildman–Crippen MR) is 63.0 cm³/mol. The van der Waals surface area contributed by atoms with E-state index in [2.05, 4.69) is 15.0 Å². The molecule has 2 aromatic heterocycles. The molecule has 0 amide bonds. The minimum absolute atomic E-state index is 0.0642. The number of nitrogens with zero attached hydrogens (tertiary/aromatic N) is 2. The maximum atomic E-state index is 11.4. The zero-order chi connectivity index (χ0) is 11.7. The van der Waals surface area contributed by atoms with Crippen LogP contribution in [0.5, 0.6) is 0 Å². The fourth-order valence-corrected chi connectivity index (χ4v) is 1.75. The van der Waals surface area contributed by atoms with E-state index in [9.17, 15) is 4.79 Å². The highest BCUT2D eigenvalue weighted by Gasteiger charge is 2.09. The summed E-state index contributed by atoms with van der Waals surface area (Å²) < 4.78 is 0. The Morgan fingerprint density at radius 2 is 2.12 bits per heavy atom. The van der Waals surface area contributed by atoms with Gasteiger partial charge in [0, 0.05) is 6.07 Å². The third-order valence-electron chi connectivity index (χ3n) is 2.34. The molecule has 0 aliphatic heterocycles. The van der Waals surface area contributed by atoms with Crippen LogP contribution in [0.3, 0.4) is 0 Å². The van der Waals surface area contributed by atoms with Crippen molar-refractivity contribution in [1.82, 2.24) is 15.0 Å². The molecule has 0 bridgehead atoms. The molecular formula is C10H13N5O. The highest BCUT2D eigenvalue weighted by Crippen LogP contribution is 2.20. The van der Waals surface area contributed by atoms with Gasteiger partial charge in [-0.3, -0.25) is 4.79 Å². The van der Waals surface area contributed by atoms with Gasteiger partial charge in [0.2, 0.25) is 11.5 Å². The van der Waals surface area contributed by atoms with Gasteiger partial charge in [-0.1, -0.05) is 13.3 Å². The first-order valence-electron chi connectivity index (χ1n) is 5.06. The summed E-state index contributed by atoms with van der Waals surface area (Å²) in [5, 5.41) is 0.690. The van der Waals surface area contributed by atoms with Gasteiger partial charge in [0.1, 0.15) is 11.5 Å². The molecule has 0 fully saturated rings. The van der Waals surface area contributed by atoms with Crippen molar-refractivity contribution in [3.8, 4) is 0 Å². The summed E-state index contributed by atoms with van der Waals surface area (Å²) in [6.07, 6.45) is 1.68. The Bertz CT molecular complexity index is 590. The van der Waals surface area contributed by atoms with Gasteiger partial charge >= 0.3 is 0 Å². The van der Waals surface area contributed by atoms with E-state index in [1.54, 1.807) is 0 Å². The summed E-state index contributed by atoms with van der Waals surface area (Å²) in [5.74, 6) is 0.372. The van der Waals surface area contributed by atoms with Crippen LogP contribution < -0.4 is 17.0 Å². The number of hydrogen-bond acceptors (Lipinski definition) is 5.